The molecule has 0 saturated heterocycles. The Morgan fingerprint density at radius 3 is 2.68 bits per heavy atom. The van der Waals surface area contributed by atoms with Crippen molar-refractivity contribution in [3.05, 3.63) is 48.0 Å². The maximum Gasteiger partial charge on any atom is 0.237 e. The quantitative estimate of drug-likeness (QED) is 0.842. The van der Waals surface area contributed by atoms with Gasteiger partial charge in [-0.25, -0.2) is 4.98 Å². The lowest BCUT2D eigenvalue weighted by Gasteiger charge is -2.22. The number of hydrogen-bond donors (Lipinski definition) is 2. The van der Waals surface area contributed by atoms with Crippen LogP contribution in [0.15, 0.2) is 36.7 Å². The van der Waals surface area contributed by atoms with Crippen LogP contribution in [0.5, 0.6) is 5.75 Å². The first-order chi connectivity index (χ1) is 10.6. The third-order valence-electron chi connectivity index (χ3n) is 3.68. The normalized spacial score (nSPS) is 13.5. The zero-order valence-corrected chi connectivity index (χ0v) is 13.3. The second-order valence-electron chi connectivity index (χ2n) is 5.09. The van der Waals surface area contributed by atoms with E-state index in [-0.39, 0.29) is 18.0 Å². The van der Waals surface area contributed by atoms with Gasteiger partial charge in [0, 0.05) is 25.0 Å². The first-order valence-corrected chi connectivity index (χ1v) is 7.16. The van der Waals surface area contributed by atoms with Gasteiger partial charge in [-0.1, -0.05) is 18.2 Å². The summed E-state index contributed by atoms with van der Waals surface area (Å²) in [5.41, 5.74) is 0.871. The second-order valence-corrected chi connectivity index (χ2v) is 5.09. The van der Waals surface area contributed by atoms with E-state index in [1.807, 2.05) is 49.0 Å². The Kier molecular flexibility index (Phi) is 5.16. The molecule has 0 aliphatic heterocycles. The van der Waals surface area contributed by atoms with Crippen LogP contribution in [0.3, 0.4) is 0 Å². The van der Waals surface area contributed by atoms with Gasteiger partial charge in [0.05, 0.1) is 13.2 Å². The number of aromatic nitrogens is 2. The smallest absolute Gasteiger partial charge is 0.237 e. The van der Waals surface area contributed by atoms with Crippen LogP contribution in [0, 0.1) is 0 Å². The van der Waals surface area contributed by atoms with Gasteiger partial charge in [-0.05, 0) is 20.0 Å². The van der Waals surface area contributed by atoms with Gasteiger partial charge in [0.25, 0.3) is 0 Å². The number of nitrogens with one attached hydrogen (secondary N) is 2. The van der Waals surface area contributed by atoms with E-state index < -0.39 is 0 Å². The number of rotatable bonds is 6. The summed E-state index contributed by atoms with van der Waals surface area (Å²) >= 11 is 0. The molecule has 1 aromatic heterocycles. The lowest BCUT2D eigenvalue weighted by Crippen LogP contribution is -2.43. The van der Waals surface area contributed by atoms with Gasteiger partial charge in [-0.3, -0.25) is 4.79 Å². The van der Waals surface area contributed by atoms with Crippen molar-refractivity contribution in [2.24, 2.45) is 7.05 Å². The van der Waals surface area contributed by atoms with Crippen molar-refractivity contribution >= 4 is 5.91 Å². The molecular weight excluding hydrogens is 280 g/mol. The van der Waals surface area contributed by atoms with Crippen molar-refractivity contribution < 1.29 is 9.53 Å². The SMILES string of the molecule is CNC(C)C(=O)NC(c1ccccc1OC)c1nccn1C. The number of ether oxygens (including phenoxy) is 1. The molecule has 0 radical (unpaired) electrons. The van der Waals surface area contributed by atoms with E-state index in [9.17, 15) is 4.79 Å². The van der Waals surface area contributed by atoms with Crippen molar-refractivity contribution in [3.63, 3.8) is 0 Å². The number of hydrogen-bond acceptors (Lipinski definition) is 4. The molecule has 22 heavy (non-hydrogen) atoms. The first kappa shape index (κ1) is 16.0. The first-order valence-electron chi connectivity index (χ1n) is 7.16. The molecule has 1 aromatic carbocycles. The van der Waals surface area contributed by atoms with Gasteiger partial charge >= 0.3 is 0 Å². The van der Waals surface area contributed by atoms with E-state index in [4.69, 9.17) is 4.74 Å². The fourth-order valence-corrected chi connectivity index (χ4v) is 2.24. The highest BCUT2D eigenvalue weighted by Crippen LogP contribution is 2.28. The number of methoxy groups -OCH3 is 1. The number of imidazole rings is 1. The maximum atomic E-state index is 12.3. The summed E-state index contributed by atoms with van der Waals surface area (Å²) in [6, 6.07) is 6.95. The van der Waals surface area contributed by atoms with Crippen molar-refractivity contribution in [1.29, 1.82) is 0 Å². The zero-order valence-electron chi connectivity index (χ0n) is 13.3. The van der Waals surface area contributed by atoms with Crippen molar-refractivity contribution in [2.45, 2.75) is 19.0 Å². The predicted octanol–water partition coefficient (Wildman–Crippen LogP) is 1.24. The molecule has 0 bridgehead atoms. The maximum absolute atomic E-state index is 12.3. The highest BCUT2D eigenvalue weighted by molar-refractivity contribution is 5.82. The highest BCUT2D eigenvalue weighted by Gasteiger charge is 2.25. The molecule has 118 valence electrons. The van der Waals surface area contributed by atoms with E-state index in [2.05, 4.69) is 15.6 Å². The van der Waals surface area contributed by atoms with Gasteiger partial charge in [0.2, 0.25) is 5.91 Å². The number of nitrogens with zero attached hydrogens (tertiary/aromatic N) is 2. The van der Waals surface area contributed by atoms with E-state index in [1.165, 1.54) is 0 Å². The summed E-state index contributed by atoms with van der Waals surface area (Å²) in [4.78, 5) is 16.7. The number of benzene rings is 1. The largest absolute Gasteiger partial charge is 0.496 e. The molecule has 6 heteroatoms. The van der Waals surface area contributed by atoms with Crippen LogP contribution in [0.1, 0.15) is 24.4 Å². The number of carbonyl (C=O) groups is 1. The topological polar surface area (TPSA) is 68.2 Å². The van der Waals surface area contributed by atoms with Gasteiger partial charge in [-0.15, -0.1) is 0 Å². The summed E-state index contributed by atoms with van der Waals surface area (Å²) in [6.45, 7) is 1.81. The summed E-state index contributed by atoms with van der Waals surface area (Å²) < 4.78 is 7.32. The number of para-hydroxylation sites is 1. The van der Waals surface area contributed by atoms with Crippen LogP contribution in [0.2, 0.25) is 0 Å². The number of likely N-dealkylation sites (N-methyl/N-ethyl adjacent to an activating group) is 1. The fourth-order valence-electron chi connectivity index (χ4n) is 2.24. The molecule has 2 N–H and O–H groups in total. The molecular formula is C16H22N4O2. The standard InChI is InChI=1S/C16H22N4O2/c1-11(17-2)16(21)19-14(15-18-9-10-20(15)3)12-7-5-6-8-13(12)22-4/h5-11,14,17H,1-4H3,(H,19,21). The van der Waals surface area contributed by atoms with E-state index in [0.717, 1.165) is 11.4 Å². The molecule has 2 aromatic rings. The van der Waals surface area contributed by atoms with Crippen LogP contribution >= 0.6 is 0 Å². The molecule has 6 nitrogen and oxygen atoms in total. The Hall–Kier alpha value is -2.34. The van der Waals surface area contributed by atoms with Gasteiger partial charge in [-0.2, -0.15) is 0 Å². The minimum atomic E-state index is -0.376. The molecule has 0 saturated carbocycles. The molecule has 0 fully saturated rings. The van der Waals surface area contributed by atoms with E-state index in [1.54, 1.807) is 20.4 Å². The van der Waals surface area contributed by atoms with Gasteiger partial charge in [0.15, 0.2) is 0 Å². The Morgan fingerprint density at radius 1 is 1.36 bits per heavy atom. The van der Waals surface area contributed by atoms with Crippen molar-refractivity contribution in [1.82, 2.24) is 20.2 Å². The third kappa shape index (κ3) is 3.28. The summed E-state index contributed by atoms with van der Waals surface area (Å²) in [6.07, 6.45) is 3.57. The Morgan fingerprint density at radius 2 is 2.09 bits per heavy atom. The summed E-state index contributed by atoms with van der Waals surface area (Å²) in [7, 11) is 5.27. The number of carbonyl (C=O) groups excluding carboxylic acids is 1. The Labute approximate surface area is 130 Å². The molecule has 2 rings (SSSR count). The van der Waals surface area contributed by atoms with Crippen LogP contribution in [0.4, 0.5) is 0 Å². The van der Waals surface area contributed by atoms with Crippen LogP contribution < -0.4 is 15.4 Å². The average molecular weight is 302 g/mol. The lowest BCUT2D eigenvalue weighted by atomic mass is 10.0. The molecule has 1 heterocycles. The molecule has 0 aliphatic carbocycles. The van der Waals surface area contributed by atoms with Crippen molar-refractivity contribution in [2.75, 3.05) is 14.2 Å². The molecule has 0 spiro atoms. The van der Waals surface area contributed by atoms with E-state index >= 15 is 0 Å². The molecule has 1 amide bonds. The van der Waals surface area contributed by atoms with Crippen molar-refractivity contribution in [3.8, 4) is 5.75 Å². The molecule has 0 aliphatic rings. The van der Waals surface area contributed by atoms with Gasteiger partial charge in [0.1, 0.15) is 17.6 Å². The average Bonchev–Trinajstić information content (AvgIpc) is 2.97. The number of aryl methyl sites for hydroxylation is 1. The molecule has 2 unspecified atom stereocenters. The fraction of sp³-hybridized carbons (Fsp3) is 0.375. The van der Waals surface area contributed by atoms with Crippen LogP contribution in [0.25, 0.3) is 0 Å². The predicted molar refractivity (Wildman–Crippen MR) is 84.7 cm³/mol. The van der Waals surface area contributed by atoms with Crippen LogP contribution in [-0.2, 0) is 11.8 Å². The Bertz CT molecular complexity index is 639. The third-order valence-corrected chi connectivity index (χ3v) is 3.68. The van der Waals surface area contributed by atoms with E-state index in [0.29, 0.717) is 5.75 Å². The monoisotopic (exact) mass is 302 g/mol. The number of amides is 1. The summed E-state index contributed by atoms with van der Waals surface area (Å²) in [5.74, 6) is 1.37. The lowest BCUT2D eigenvalue weighted by molar-refractivity contribution is -0.123. The van der Waals surface area contributed by atoms with Crippen LogP contribution in [-0.4, -0.2) is 35.7 Å². The minimum Gasteiger partial charge on any atom is -0.496 e. The zero-order chi connectivity index (χ0) is 16.1. The Balaban J connectivity index is 2.42. The minimum absolute atomic E-state index is 0.0959. The molecule has 2 atom stereocenters. The second kappa shape index (κ2) is 7.09. The van der Waals surface area contributed by atoms with Gasteiger partial charge < -0.3 is 19.9 Å². The summed E-state index contributed by atoms with van der Waals surface area (Å²) in [5, 5.41) is 5.98. The highest BCUT2D eigenvalue weighted by atomic mass is 16.5.